The Morgan fingerprint density at radius 1 is 1.62 bits per heavy atom. The number of hydrogen-bond donors (Lipinski definition) is 3. The van der Waals surface area contributed by atoms with Gasteiger partial charge in [0.05, 0.1) is 6.61 Å². The maximum Gasteiger partial charge on any atom is 0.352 e. The second kappa shape index (κ2) is 5.10. The number of aromatic carboxylic acids is 1. The fourth-order valence-corrected chi connectivity index (χ4v) is 2.02. The number of aromatic nitrogens is 1. The summed E-state index contributed by atoms with van der Waals surface area (Å²) in [5.74, 6) is -1.21. The van der Waals surface area contributed by atoms with Crippen molar-refractivity contribution >= 4 is 16.0 Å². The fraction of sp³-hybridized carbons (Fsp3) is 0.375. The highest BCUT2D eigenvalue weighted by molar-refractivity contribution is 7.89. The molecule has 0 fully saturated rings. The van der Waals surface area contributed by atoms with E-state index in [1.807, 2.05) is 0 Å². The Hall–Kier alpha value is -1.38. The topological polar surface area (TPSA) is 108 Å². The van der Waals surface area contributed by atoms with E-state index in [1.54, 1.807) is 0 Å². The van der Waals surface area contributed by atoms with Gasteiger partial charge in [0.2, 0.25) is 10.0 Å². The zero-order valence-electron chi connectivity index (χ0n) is 8.56. The predicted molar refractivity (Wildman–Crippen MR) is 54.8 cm³/mol. The Morgan fingerprint density at radius 3 is 2.81 bits per heavy atom. The maximum atomic E-state index is 11.6. The van der Waals surface area contributed by atoms with Gasteiger partial charge in [-0.15, -0.1) is 0 Å². The molecule has 8 heteroatoms. The summed E-state index contributed by atoms with van der Waals surface area (Å²) in [5, 5.41) is 8.61. The third-order valence-electron chi connectivity index (χ3n) is 1.80. The van der Waals surface area contributed by atoms with Crippen molar-refractivity contribution in [1.82, 2.24) is 9.71 Å². The number of hydrogen-bond acceptors (Lipinski definition) is 4. The van der Waals surface area contributed by atoms with Crippen molar-refractivity contribution in [2.45, 2.75) is 4.90 Å². The number of rotatable bonds is 6. The van der Waals surface area contributed by atoms with Gasteiger partial charge in [-0.3, -0.25) is 0 Å². The molecule has 0 atom stereocenters. The number of carbonyl (C=O) groups is 1. The minimum Gasteiger partial charge on any atom is -0.477 e. The molecular weight excluding hydrogens is 236 g/mol. The van der Waals surface area contributed by atoms with Crippen LogP contribution in [-0.4, -0.2) is 44.7 Å². The highest BCUT2D eigenvalue weighted by atomic mass is 32.2. The molecule has 1 heterocycles. The van der Waals surface area contributed by atoms with E-state index < -0.39 is 16.0 Å². The number of methoxy groups -OCH3 is 1. The first-order valence-electron chi connectivity index (χ1n) is 4.37. The lowest BCUT2D eigenvalue weighted by Gasteiger charge is -2.03. The Bertz CT molecular complexity index is 465. The average Bonchev–Trinajstić information content (AvgIpc) is 2.67. The van der Waals surface area contributed by atoms with Crippen LogP contribution in [0.1, 0.15) is 10.5 Å². The number of nitrogens with one attached hydrogen (secondary N) is 2. The van der Waals surface area contributed by atoms with Gasteiger partial charge in [-0.25, -0.2) is 17.9 Å². The summed E-state index contributed by atoms with van der Waals surface area (Å²) in [5.41, 5.74) is -0.174. The second-order valence-corrected chi connectivity index (χ2v) is 4.71. The van der Waals surface area contributed by atoms with Crippen molar-refractivity contribution in [3.63, 3.8) is 0 Å². The Kier molecular flexibility index (Phi) is 4.05. The van der Waals surface area contributed by atoms with Gasteiger partial charge in [-0.1, -0.05) is 0 Å². The van der Waals surface area contributed by atoms with E-state index in [9.17, 15) is 13.2 Å². The Balaban J connectivity index is 2.78. The number of carboxylic acids is 1. The molecule has 0 aliphatic carbocycles. The van der Waals surface area contributed by atoms with E-state index in [2.05, 4.69) is 14.4 Å². The van der Waals surface area contributed by atoms with Crippen LogP contribution in [-0.2, 0) is 14.8 Å². The molecule has 7 nitrogen and oxygen atoms in total. The molecule has 0 unspecified atom stereocenters. The summed E-state index contributed by atoms with van der Waals surface area (Å²) < 4.78 is 30.1. The van der Waals surface area contributed by atoms with Crippen molar-refractivity contribution in [1.29, 1.82) is 0 Å². The molecular formula is C8H12N2O5S. The summed E-state index contributed by atoms with van der Waals surface area (Å²) in [6.07, 6.45) is 1.12. The second-order valence-electron chi connectivity index (χ2n) is 2.94. The van der Waals surface area contributed by atoms with Crippen molar-refractivity contribution < 1.29 is 23.1 Å². The summed E-state index contributed by atoms with van der Waals surface area (Å²) in [6, 6.07) is 1.05. The minimum atomic E-state index is -3.67. The zero-order valence-corrected chi connectivity index (χ0v) is 9.37. The van der Waals surface area contributed by atoms with E-state index in [4.69, 9.17) is 5.11 Å². The van der Waals surface area contributed by atoms with Gasteiger partial charge in [-0.05, 0) is 6.07 Å². The average molecular weight is 248 g/mol. The third-order valence-corrected chi connectivity index (χ3v) is 3.24. The van der Waals surface area contributed by atoms with Gasteiger partial charge in [0.25, 0.3) is 0 Å². The summed E-state index contributed by atoms with van der Waals surface area (Å²) in [7, 11) is -2.22. The Morgan fingerprint density at radius 2 is 2.31 bits per heavy atom. The summed E-state index contributed by atoms with van der Waals surface area (Å²) in [4.78, 5) is 12.8. The van der Waals surface area contributed by atoms with E-state index in [0.717, 1.165) is 12.3 Å². The van der Waals surface area contributed by atoms with Crippen LogP contribution in [0, 0.1) is 0 Å². The zero-order chi connectivity index (χ0) is 12.2. The van der Waals surface area contributed by atoms with Gasteiger partial charge in [0.15, 0.2) is 0 Å². The molecule has 3 N–H and O–H groups in total. The molecule has 0 aliphatic heterocycles. The summed E-state index contributed by atoms with van der Waals surface area (Å²) >= 11 is 0. The first-order chi connectivity index (χ1) is 7.47. The van der Waals surface area contributed by atoms with E-state index >= 15 is 0 Å². The van der Waals surface area contributed by atoms with Gasteiger partial charge >= 0.3 is 5.97 Å². The normalized spacial score (nSPS) is 11.6. The van der Waals surface area contributed by atoms with Crippen LogP contribution in [0.5, 0.6) is 0 Å². The van der Waals surface area contributed by atoms with Crippen molar-refractivity contribution in [3.8, 4) is 0 Å². The number of H-pyrrole nitrogens is 1. The standard InChI is InChI=1S/C8H12N2O5S/c1-15-3-2-10-16(13,14)6-4-7(8(11)12)9-5-6/h4-5,9-10H,2-3H2,1H3,(H,11,12). The van der Waals surface area contributed by atoms with Gasteiger partial charge in [0, 0.05) is 19.9 Å². The predicted octanol–water partition coefficient (Wildman–Crippen LogP) is -0.362. The molecule has 0 aromatic carbocycles. The van der Waals surface area contributed by atoms with Crippen LogP contribution >= 0.6 is 0 Å². The molecule has 0 bridgehead atoms. The first-order valence-corrected chi connectivity index (χ1v) is 5.86. The van der Waals surface area contributed by atoms with Crippen LogP contribution in [0.15, 0.2) is 17.2 Å². The molecule has 16 heavy (non-hydrogen) atoms. The van der Waals surface area contributed by atoms with Crippen LogP contribution < -0.4 is 4.72 Å². The number of sulfonamides is 1. The monoisotopic (exact) mass is 248 g/mol. The SMILES string of the molecule is COCCNS(=O)(=O)c1c[nH]c(C(=O)O)c1. The third kappa shape index (κ3) is 3.05. The molecule has 90 valence electrons. The first kappa shape index (κ1) is 12.7. The van der Waals surface area contributed by atoms with E-state index in [1.165, 1.54) is 7.11 Å². The van der Waals surface area contributed by atoms with Crippen LogP contribution in [0.4, 0.5) is 0 Å². The van der Waals surface area contributed by atoms with Crippen LogP contribution in [0.25, 0.3) is 0 Å². The molecule has 0 spiro atoms. The lowest BCUT2D eigenvalue weighted by Crippen LogP contribution is -2.26. The van der Waals surface area contributed by atoms with Gasteiger partial charge < -0.3 is 14.8 Å². The molecule has 1 aromatic heterocycles. The number of ether oxygens (including phenoxy) is 1. The lowest BCUT2D eigenvalue weighted by molar-refractivity contribution is 0.0691. The van der Waals surface area contributed by atoms with Gasteiger partial charge in [-0.2, -0.15) is 0 Å². The number of carboxylic acid groups (broad SMARTS) is 1. The highest BCUT2D eigenvalue weighted by Crippen LogP contribution is 2.10. The maximum absolute atomic E-state index is 11.6. The molecule has 0 aliphatic rings. The highest BCUT2D eigenvalue weighted by Gasteiger charge is 2.17. The summed E-state index contributed by atoms with van der Waals surface area (Å²) in [6.45, 7) is 0.377. The number of aromatic amines is 1. The molecule has 1 aromatic rings. The van der Waals surface area contributed by atoms with Crippen LogP contribution in [0.3, 0.4) is 0 Å². The fourth-order valence-electron chi connectivity index (χ4n) is 1.01. The van der Waals surface area contributed by atoms with Crippen molar-refractivity contribution in [3.05, 3.63) is 18.0 Å². The quantitative estimate of drug-likeness (QED) is 0.595. The van der Waals surface area contributed by atoms with Crippen molar-refractivity contribution in [2.75, 3.05) is 20.3 Å². The molecule has 0 radical (unpaired) electrons. The molecule has 0 amide bonds. The Labute approximate surface area is 92.5 Å². The molecule has 0 saturated carbocycles. The molecule has 0 saturated heterocycles. The lowest BCUT2D eigenvalue weighted by atomic mass is 10.4. The largest absolute Gasteiger partial charge is 0.477 e. The molecule has 1 rings (SSSR count). The van der Waals surface area contributed by atoms with Crippen molar-refractivity contribution in [2.24, 2.45) is 0 Å². The smallest absolute Gasteiger partial charge is 0.352 e. The van der Waals surface area contributed by atoms with E-state index in [-0.39, 0.29) is 23.7 Å². The van der Waals surface area contributed by atoms with E-state index in [0.29, 0.717) is 0 Å². The van der Waals surface area contributed by atoms with Gasteiger partial charge in [0.1, 0.15) is 10.6 Å². The van der Waals surface area contributed by atoms with Crippen LogP contribution in [0.2, 0.25) is 0 Å². The minimum absolute atomic E-state index is 0.110.